The number of amides is 2. The molecule has 2 amide bonds. The number of rotatable bonds is 3. The van der Waals surface area contributed by atoms with Gasteiger partial charge >= 0.3 is 0 Å². The summed E-state index contributed by atoms with van der Waals surface area (Å²) in [5.74, 6) is -1.01. The third-order valence-electron chi connectivity index (χ3n) is 3.53. The van der Waals surface area contributed by atoms with Gasteiger partial charge in [-0.1, -0.05) is 12.1 Å². The highest BCUT2D eigenvalue weighted by Gasteiger charge is 2.38. The first-order valence-electron chi connectivity index (χ1n) is 6.51. The van der Waals surface area contributed by atoms with Crippen molar-refractivity contribution in [3.05, 3.63) is 30.1 Å². The fourth-order valence-corrected chi connectivity index (χ4v) is 2.41. The highest BCUT2D eigenvalue weighted by Crippen LogP contribution is 2.26. The van der Waals surface area contributed by atoms with Gasteiger partial charge < -0.3 is 15.5 Å². The van der Waals surface area contributed by atoms with Gasteiger partial charge in [-0.05, 0) is 25.5 Å². The molecule has 6 heteroatoms. The van der Waals surface area contributed by atoms with Gasteiger partial charge in [-0.15, -0.1) is 0 Å². The molecule has 0 spiro atoms. The van der Waals surface area contributed by atoms with E-state index in [9.17, 15) is 14.0 Å². The van der Waals surface area contributed by atoms with Crippen LogP contribution in [-0.2, 0) is 9.59 Å². The van der Waals surface area contributed by atoms with E-state index < -0.39 is 17.9 Å². The van der Waals surface area contributed by atoms with E-state index in [1.54, 1.807) is 32.2 Å². The molecule has 1 fully saturated rings. The van der Waals surface area contributed by atoms with Crippen molar-refractivity contribution in [2.45, 2.75) is 25.4 Å². The minimum absolute atomic E-state index is 0.252. The summed E-state index contributed by atoms with van der Waals surface area (Å²) < 4.78 is 13.7. The summed E-state index contributed by atoms with van der Waals surface area (Å²) in [6.07, 6.45) is 0.474. The molecule has 5 nitrogen and oxygen atoms in total. The van der Waals surface area contributed by atoms with Gasteiger partial charge in [0.25, 0.3) is 0 Å². The molecule has 0 aromatic heterocycles. The van der Waals surface area contributed by atoms with Crippen molar-refractivity contribution in [2.75, 3.05) is 18.5 Å². The largest absolute Gasteiger partial charge is 0.332 e. The van der Waals surface area contributed by atoms with Crippen LogP contribution < -0.4 is 10.6 Å². The summed E-state index contributed by atoms with van der Waals surface area (Å²) >= 11 is 0. The number of hydrogen-bond donors (Lipinski definition) is 1. The Morgan fingerprint density at radius 2 is 2.15 bits per heavy atom. The summed E-state index contributed by atoms with van der Waals surface area (Å²) in [4.78, 5) is 26.9. The number of likely N-dealkylation sites (N-methyl/N-ethyl adjacent to an activating group) is 1. The third kappa shape index (κ3) is 2.51. The smallest absolute Gasteiger partial charge is 0.249 e. The third-order valence-corrected chi connectivity index (χ3v) is 3.53. The van der Waals surface area contributed by atoms with E-state index in [-0.39, 0.29) is 17.5 Å². The molecule has 20 heavy (non-hydrogen) atoms. The number of carbonyl (C=O) groups is 2. The van der Waals surface area contributed by atoms with E-state index in [0.717, 1.165) is 0 Å². The zero-order valence-corrected chi connectivity index (χ0v) is 11.5. The molecule has 0 radical (unpaired) electrons. The van der Waals surface area contributed by atoms with Crippen molar-refractivity contribution in [3.63, 3.8) is 0 Å². The molecular weight excluding hydrogens is 261 g/mol. The first-order chi connectivity index (χ1) is 9.43. The average Bonchev–Trinajstić information content (AvgIpc) is 2.79. The number of benzene rings is 1. The molecule has 1 aliphatic rings. The van der Waals surface area contributed by atoms with Gasteiger partial charge in [0.05, 0.1) is 11.7 Å². The molecule has 1 aromatic carbocycles. The molecule has 0 bridgehead atoms. The maximum atomic E-state index is 13.7. The van der Waals surface area contributed by atoms with Gasteiger partial charge in [-0.3, -0.25) is 9.59 Å². The quantitative estimate of drug-likeness (QED) is 0.887. The minimum Gasteiger partial charge on any atom is -0.332 e. The second kappa shape index (κ2) is 5.58. The molecule has 0 saturated carbocycles. The standard InChI is InChI=1S/C14H18FN3O2/c1-9(16)13(19)17(2)12-7-8-18(14(12)20)11-6-4-3-5-10(11)15/h3-6,9,12H,7-8,16H2,1-2H3/t9-,12?/m0/s1. The monoisotopic (exact) mass is 279 g/mol. The lowest BCUT2D eigenvalue weighted by Crippen LogP contribution is -2.48. The first-order valence-corrected chi connectivity index (χ1v) is 6.51. The topological polar surface area (TPSA) is 66.6 Å². The van der Waals surface area contributed by atoms with E-state index in [1.807, 2.05) is 0 Å². The van der Waals surface area contributed by atoms with E-state index in [4.69, 9.17) is 5.73 Å². The van der Waals surface area contributed by atoms with Gasteiger partial charge in [0.2, 0.25) is 11.8 Å². The van der Waals surface area contributed by atoms with E-state index >= 15 is 0 Å². The normalized spacial score (nSPS) is 20.1. The van der Waals surface area contributed by atoms with Gasteiger partial charge in [-0.2, -0.15) is 0 Å². The van der Waals surface area contributed by atoms with Crippen LogP contribution in [-0.4, -0.2) is 42.4 Å². The summed E-state index contributed by atoms with van der Waals surface area (Å²) in [5.41, 5.74) is 5.80. The maximum Gasteiger partial charge on any atom is 0.249 e. The molecular formula is C14H18FN3O2. The lowest BCUT2D eigenvalue weighted by molar-refractivity contribution is -0.137. The van der Waals surface area contributed by atoms with E-state index in [1.165, 1.54) is 15.9 Å². The number of halogens is 1. The van der Waals surface area contributed by atoms with Crippen LogP contribution in [0.1, 0.15) is 13.3 Å². The zero-order valence-electron chi connectivity index (χ0n) is 11.5. The molecule has 1 aromatic rings. The number of anilines is 1. The Balaban J connectivity index is 2.18. The summed E-state index contributed by atoms with van der Waals surface area (Å²) in [6, 6.07) is 4.89. The SMILES string of the molecule is C[C@H](N)C(=O)N(C)C1CCN(c2ccccc2F)C1=O. The van der Waals surface area contributed by atoms with Crippen molar-refractivity contribution in [1.29, 1.82) is 0 Å². The lowest BCUT2D eigenvalue weighted by Gasteiger charge is -2.25. The van der Waals surface area contributed by atoms with Crippen LogP contribution in [0.25, 0.3) is 0 Å². The Morgan fingerprint density at radius 1 is 1.50 bits per heavy atom. The molecule has 108 valence electrons. The van der Waals surface area contributed by atoms with E-state index in [0.29, 0.717) is 13.0 Å². The molecule has 2 rings (SSSR count). The Labute approximate surface area is 117 Å². The van der Waals surface area contributed by atoms with Gasteiger partial charge in [0, 0.05) is 13.6 Å². The minimum atomic E-state index is -0.657. The van der Waals surface area contributed by atoms with Gasteiger partial charge in [-0.25, -0.2) is 4.39 Å². The first kappa shape index (κ1) is 14.5. The van der Waals surface area contributed by atoms with Crippen LogP contribution >= 0.6 is 0 Å². The van der Waals surface area contributed by atoms with Crippen LogP contribution in [0.3, 0.4) is 0 Å². The number of para-hydroxylation sites is 1. The molecule has 2 atom stereocenters. The van der Waals surface area contributed by atoms with Crippen LogP contribution in [0.5, 0.6) is 0 Å². The van der Waals surface area contributed by atoms with Crippen molar-refractivity contribution < 1.29 is 14.0 Å². The summed E-state index contributed by atoms with van der Waals surface area (Å²) in [5, 5.41) is 0. The second-order valence-electron chi connectivity index (χ2n) is 4.98. The highest BCUT2D eigenvalue weighted by molar-refractivity contribution is 6.01. The van der Waals surface area contributed by atoms with Crippen molar-refractivity contribution in [3.8, 4) is 0 Å². The highest BCUT2D eigenvalue weighted by atomic mass is 19.1. The molecule has 0 aliphatic carbocycles. The van der Waals surface area contributed by atoms with Crippen LogP contribution in [0.15, 0.2) is 24.3 Å². The summed E-state index contributed by atoms with van der Waals surface area (Å²) in [7, 11) is 1.55. The fourth-order valence-electron chi connectivity index (χ4n) is 2.41. The Hall–Kier alpha value is -1.95. The predicted molar refractivity (Wildman–Crippen MR) is 73.6 cm³/mol. The Kier molecular flexibility index (Phi) is 4.04. The van der Waals surface area contributed by atoms with Crippen molar-refractivity contribution in [1.82, 2.24) is 4.90 Å². The average molecular weight is 279 g/mol. The molecule has 1 aliphatic heterocycles. The molecule has 1 heterocycles. The molecule has 2 N–H and O–H groups in total. The molecule has 1 saturated heterocycles. The number of hydrogen-bond acceptors (Lipinski definition) is 3. The van der Waals surface area contributed by atoms with Crippen LogP contribution in [0.2, 0.25) is 0 Å². The van der Waals surface area contributed by atoms with Gasteiger partial charge in [0.15, 0.2) is 0 Å². The Bertz CT molecular complexity index is 533. The zero-order chi connectivity index (χ0) is 14.9. The number of nitrogens with two attached hydrogens (primary N) is 1. The Morgan fingerprint density at radius 3 is 2.75 bits per heavy atom. The van der Waals surface area contributed by atoms with Gasteiger partial charge in [0.1, 0.15) is 11.9 Å². The van der Waals surface area contributed by atoms with Crippen LogP contribution in [0.4, 0.5) is 10.1 Å². The number of nitrogens with zero attached hydrogens (tertiary/aromatic N) is 2. The van der Waals surface area contributed by atoms with Crippen molar-refractivity contribution in [2.24, 2.45) is 5.73 Å². The second-order valence-corrected chi connectivity index (χ2v) is 4.98. The fraction of sp³-hybridized carbons (Fsp3) is 0.429. The maximum absolute atomic E-state index is 13.7. The number of carbonyl (C=O) groups excluding carboxylic acids is 2. The van der Waals surface area contributed by atoms with Crippen LogP contribution in [0, 0.1) is 5.82 Å². The molecule has 1 unspecified atom stereocenters. The summed E-state index contributed by atoms with van der Waals surface area (Å²) in [6.45, 7) is 1.97. The van der Waals surface area contributed by atoms with E-state index in [2.05, 4.69) is 0 Å². The lowest BCUT2D eigenvalue weighted by atomic mass is 10.2. The van der Waals surface area contributed by atoms with Crippen molar-refractivity contribution >= 4 is 17.5 Å². The predicted octanol–water partition coefficient (Wildman–Crippen LogP) is 0.737.